The first kappa shape index (κ1) is 13.5. The average molecular weight is 261 g/mol. The van der Waals surface area contributed by atoms with Crippen LogP contribution in [0.15, 0.2) is 22.6 Å². The van der Waals surface area contributed by atoms with Crippen molar-refractivity contribution >= 4 is 22.7 Å². The van der Waals surface area contributed by atoms with Crippen molar-refractivity contribution in [1.29, 1.82) is 0 Å². The van der Waals surface area contributed by atoms with Crippen LogP contribution in [-0.4, -0.2) is 16.9 Å². The third kappa shape index (κ3) is 2.93. The highest BCUT2D eigenvalue weighted by Crippen LogP contribution is 2.20. The predicted molar refractivity (Wildman–Crippen MR) is 74.8 cm³/mol. The molecule has 2 aromatic rings. The Labute approximate surface area is 112 Å². The minimum absolute atomic E-state index is 0.149. The predicted octanol–water partition coefficient (Wildman–Crippen LogP) is 2.45. The lowest BCUT2D eigenvalue weighted by molar-refractivity contribution is -0.118. The Morgan fingerprint density at radius 3 is 2.95 bits per heavy atom. The summed E-state index contributed by atoms with van der Waals surface area (Å²) in [5, 5.41) is 2.81. The highest BCUT2D eigenvalue weighted by Gasteiger charge is 2.19. The number of hydrogen-bond donors (Lipinski definition) is 2. The van der Waals surface area contributed by atoms with E-state index in [0.717, 1.165) is 11.9 Å². The van der Waals surface area contributed by atoms with E-state index in [4.69, 9.17) is 10.2 Å². The lowest BCUT2D eigenvalue weighted by Gasteiger charge is -2.17. The average Bonchev–Trinajstić information content (AvgIpc) is 2.76. The smallest absolute Gasteiger partial charge is 0.241 e. The number of benzene rings is 1. The van der Waals surface area contributed by atoms with Crippen LogP contribution >= 0.6 is 0 Å². The number of anilines is 1. The van der Waals surface area contributed by atoms with Crippen LogP contribution in [0.1, 0.15) is 26.2 Å². The molecule has 0 saturated carbocycles. The maximum atomic E-state index is 12.0. The van der Waals surface area contributed by atoms with Crippen molar-refractivity contribution in [2.75, 3.05) is 5.32 Å². The van der Waals surface area contributed by atoms with E-state index in [0.29, 0.717) is 17.2 Å². The van der Waals surface area contributed by atoms with Gasteiger partial charge in [-0.05, 0) is 18.1 Å². The number of fused-ring (bicyclic) bond motifs is 1. The standard InChI is InChI=1S/C14H19N3O2/c1-4-8(2)13(15)14(18)17-10-5-6-11-12(7-10)19-9(3)16-11/h5-8,13H,4,15H2,1-3H3,(H,17,18). The fourth-order valence-electron chi connectivity index (χ4n) is 1.86. The number of carbonyl (C=O) groups excluding carboxylic acids is 1. The van der Waals surface area contributed by atoms with Gasteiger partial charge in [0.1, 0.15) is 5.52 Å². The molecular weight excluding hydrogens is 242 g/mol. The van der Waals surface area contributed by atoms with E-state index in [1.807, 2.05) is 19.9 Å². The number of aromatic nitrogens is 1. The summed E-state index contributed by atoms with van der Waals surface area (Å²) in [5.74, 6) is 0.580. The molecule has 1 amide bonds. The molecule has 5 nitrogen and oxygen atoms in total. The summed E-state index contributed by atoms with van der Waals surface area (Å²) in [6.07, 6.45) is 0.870. The third-order valence-corrected chi connectivity index (χ3v) is 3.32. The zero-order chi connectivity index (χ0) is 14.0. The minimum atomic E-state index is -0.503. The second kappa shape index (κ2) is 5.40. The highest BCUT2D eigenvalue weighted by molar-refractivity contribution is 5.96. The molecule has 2 unspecified atom stereocenters. The lowest BCUT2D eigenvalue weighted by Crippen LogP contribution is -2.40. The van der Waals surface area contributed by atoms with Gasteiger partial charge in [-0.15, -0.1) is 0 Å². The quantitative estimate of drug-likeness (QED) is 0.885. The van der Waals surface area contributed by atoms with Gasteiger partial charge in [0, 0.05) is 18.7 Å². The molecule has 102 valence electrons. The summed E-state index contributed by atoms with van der Waals surface area (Å²) in [6, 6.07) is 4.87. The minimum Gasteiger partial charge on any atom is -0.441 e. The van der Waals surface area contributed by atoms with Gasteiger partial charge < -0.3 is 15.5 Å². The Morgan fingerprint density at radius 1 is 1.53 bits per heavy atom. The van der Waals surface area contributed by atoms with Gasteiger partial charge >= 0.3 is 0 Å². The van der Waals surface area contributed by atoms with Crippen LogP contribution in [0.25, 0.3) is 11.1 Å². The molecule has 0 saturated heterocycles. The monoisotopic (exact) mass is 261 g/mol. The van der Waals surface area contributed by atoms with Crippen molar-refractivity contribution < 1.29 is 9.21 Å². The first-order valence-electron chi connectivity index (χ1n) is 6.45. The topological polar surface area (TPSA) is 81.2 Å². The highest BCUT2D eigenvalue weighted by atomic mass is 16.3. The van der Waals surface area contributed by atoms with Crippen LogP contribution in [0.3, 0.4) is 0 Å². The van der Waals surface area contributed by atoms with E-state index in [1.54, 1.807) is 19.1 Å². The Balaban J connectivity index is 2.14. The van der Waals surface area contributed by atoms with Gasteiger partial charge in [-0.25, -0.2) is 4.98 Å². The van der Waals surface area contributed by atoms with E-state index < -0.39 is 6.04 Å². The van der Waals surface area contributed by atoms with Crippen molar-refractivity contribution in [2.24, 2.45) is 11.7 Å². The van der Waals surface area contributed by atoms with E-state index in [-0.39, 0.29) is 11.8 Å². The largest absolute Gasteiger partial charge is 0.441 e. The van der Waals surface area contributed by atoms with Gasteiger partial charge in [0.2, 0.25) is 5.91 Å². The summed E-state index contributed by atoms with van der Waals surface area (Å²) in [7, 11) is 0. The summed E-state index contributed by atoms with van der Waals surface area (Å²) < 4.78 is 5.43. The molecule has 0 fully saturated rings. The molecule has 0 aliphatic heterocycles. The van der Waals surface area contributed by atoms with Gasteiger partial charge in [-0.1, -0.05) is 20.3 Å². The summed E-state index contributed by atoms with van der Waals surface area (Å²) >= 11 is 0. The number of aryl methyl sites for hydroxylation is 1. The molecule has 2 rings (SSSR count). The van der Waals surface area contributed by atoms with Crippen molar-refractivity contribution in [2.45, 2.75) is 33.2 Å². The third-order valence-electron chi connectivity index (χ3n) is 3.32. The van der Waals surface area contributed by atoms with Crippen molar-refractivity contribution in [3.05, 3.63) is 24.1 Å². The van der Waals surface area contributed by atoms with Gasteiger partial charge in [0.15, 0.2) is 11.5 Å². The van der Waals surface area contributed by atoms with Crippen LogP contribution in [-0.2, 0) is 4.79 Å². The number of hydrogen-bond acceptors (Lipinski definition) is 4. The summed E-state index contributed by atoms with van der Waals surface area (Å²) in [6.45, 7) is 5.77. The number of nitrogens with one attached hydrogen (secondary N) is 1. The zero-order valence-electron chi connectivity index (χ0n) is 11.4. The van der Waals surface area contributed by atoms with Crippen LogP contribution in [0.2, 0.25) is 0 Å². The Hall–Kier alpha value is -1.88. The van der Waals surface area contributed by atoms with Gasteiger partial charge in [0.25, 0.3) is 0 Å². The van der Waals surface area contributed by atoms with Gasteiger partial charge in [-0.2, -0.15) is 0 Å². The molecule has 0 spiro atoms. The second-order valence-corrected chi connectivity index (χ2v) is 4.82. The molecule has 0 bridgehead atoms. The molecule has 5 heteroatoms. The van der Waals surface area contributed by atoms with E-state index in [2.05, 4.69) is 10.3 Å². The molecule has 3 N–H and O–H groups in total. The summed E-state index contributed by atoms with van der Waals surface area (Å²) in [5.41, 5.74) is 8.00. The second-order valence-electron chi connectivity index (χ2n) is 4.82. The Morgan fingerprint density at radius 2 is 2.26 bits per heavy atom. The Kier molecular flexibility index (Phi) is 3.85. The maximum absolute atomic E-state index is 12.0. The molecule has 0 aliphatic carbocycles. The normalized spacial score (nSPS) is 14.3. The molecule has 0 aliphatic rings. The van der Waals surface area contributed by atoms with Crippen LogP contribution in [0.4, 0.5) is 5.69 Å². The molecular formula is C14H19N3O2. The van der Waals surface area contributed by atoms with Crippen LogP contribution in [0.5, 0.6) is 0 Å². The number of carbonyl (C=O) groups is 1. The number of nitrogens with zero attached hydrogens (tertiary/aromatic N) is 1. The number of amides is 1. The van der Waals surface area contributed by atoms with E-state index in [1.165, 1.54) is 0 Å². The SMILES string of the molecule is CCC(C)C(N)C(=O)Nc1ccc2nc(C)oc2c1. The van der Waals surface area contributed by atoms with E-state index >= 15 is 0 Å². The first-order chi connectivity index (χ1) is 9.01. The number of rotatable bonds is 4. The van der Waals surface area contributed by atoms with Crippen LogP contribution < -0.4 is 11.1 Å². The molecule has 2 atom stereocenters. The molecule has 1 aromatic carbocycles. The zero-order valence-corrected chi connectivity index (χ0v) is 11.4. The summed E-state index contributed by atoms with van der Waals surface area (Å²) in [4.78, 5) is 16.2. The van der Waals surface area contributed by atoms with Crippen LogP contribution in [0, 0.1) is 12.8 Å². The Bertz CT molecular complexity index is 591. The van der Waals surface area contributed by atoms with Gasteiger partial charge in [0.05, 0.1) is 6.04 Å². The molecule has 19 heavy (non-hydrogen) atoms. The number of nitrogens with two attached hydrogens (primary N) is 1. The molecule has 1 heterocycles. The lowest BCUT2D eigenvalue weighted by atomic mass is 9.99. The van der Waals surface area contributed by atoms with Crippen molar-refractivity contribution in [3.63, 3.8) is 0 Å². The first-order valence-corrected chi connectivity index (χ1v) is 6.45. The maximum Gasteiger partial charge on any atom is 0.241 e. The fourth-order valence-corrected chi connectivity index (χ4v) is 1.86. The molecule has 1 aromatic heterocycles. The fraction of sp³-hybridized carbons (Fsp3) is 0.429. The van der Waals surface area contributed by atoms with Gasteiger partial charge in [-0.3, -0.25) is 4.79 Å². The van der Waals surface area contributed by atoms with Crippen molar-refractivity contribution in [3.8, 4) is 0 Å². The van der Waals surface area contributed by atoms with Crippen molar-refractivity contribution in [1.82, 2.24) is 4.98 Å². The number of oxazole rings is 1. The van der Waals surface area contributed by atoms with E-state index in [9.17, 15) is 4.79 Å². The molecule has 0 radical (unpaired) electrons.